The van der Waals surface area contributed by atoms with E-state index in [1.165, 1.54) is 0 Å². The number of likely N-dealkylation sites (tertiary alicyclic amines) is 1. The average Bonchev–Trinajstić information content (AvgIpc) is 2.65. The Morgan fingerprint density at radius 2 is 1.79 bits per heavy atom. The van der Waals surface area contributed by atoms with E-state index in [0.717, 1.165) is 15.7 Å². The van der Waals surface area contributed by atoms with Crippen molar-refractivity contribution in [1.29, 1.82) is 0 Å². The van der Waals surface area contributed by atoms with E-state index in [0.29, 0.717) is 37.4 Å². The Kier molecular flexibility index (Phi) is 7.15. The molecule has 0 bridgehead atoms. The maximum absolute atomic E-state index is 12.7. The number of anilines is 1. The summed E-state index contributed by atoms with van der Waals surface area (Å²) >= 11 is 3.42. The maximum Gasteiger partial charge on any atom is 0.410 e. The number of benzene rings is 1. The smallest absolute Gasteiger partial charge is 0.410 e. The summed E-state index contributed by atoms with van der Waals surface area (Å²) in [7, 11) is 1.74. The molecule has 1 aromatic carbocycles. The quantitative estimate of drug-likeness (QED) is 0.512. The van der Waals surface area contributed by atoms with E-state index in [1.807, 2.05) is 52.8 Å². The summed E-state index contributed by atoms with van der Waals surface area (Å²) in [5.74, 6) is 0.884. The number of piperidine rings is 1. The molecule has 2 amide bonds. The predicted octanol–water partition coefficient (Wildman–Crippen LogP) is 5.12. The fourth-order valence-electron chi connectivity index (χ4n) is 2.99. The van der Waals surface area contributed by atoms with Gasteiger partial charge < -0.3 is 19.3 Å². The molecular weight excluding hydrogens is 424 g/mol. The molecule has 28 heavy (non-hydrogen) atoms. The normalized spacial score (nSPS) is 16.8. The third-order valence-electron chi connectivity index (χ3n) is 4.33. The average molecular weight is 453 g/mol. The molecule has 7 heteroatoms. The molecule has 2 aliphatic rings. The van der Waals surface area contributed by atoms with E-state index in [2.05, 4.69) is 15.9 Å². The summed E-state index contributed by atoms with van der Waals surface area (Å²) in [6.07, 6.45) is 0.879. The highest BCUT2D eigenvalue weighted by molar-refractivity contribution is 9.10. The highest BCUT2D eigenvalue weighted by Crippen LogP contribution is 2.38. The summed E-state index contributed by atoms with van der Waals surface area (Å²) in [5, 5.41) is 0. The number of likely N-dealkylation sites (N-methyl/N-ethyl adjacent to an activating group) is 1. The Morgan fingerprint density at radius 3 is 2.36 bits per heavy atom. The number of nitrogens with zero attached hydrogens (tertiary/aromatic N) is 2. The highest BCUT2D eigenvalue weighted by atomic mass is 79.9. The van der Waals surface area contributed by atoms with Crippen LogP contribution in [-0.4, -0.2) is 42.6 Å². The van der Waals surface area contributed by atoms with Gasteiger partial charge in [-0.05, 0) is 57.4 Å². The first-order chi connectivity index (χ1) is 13.2. The summed E-state index contributed by atoms with van der Waals surface area (Å²) in [6.45, 7) is 10.6. The second-order valence-corrected chi connectivity index (χ2v) is 8.39. The lowest BCUT2D eigenvalue weighted by Gasteiger charge is -2.33. The molecule has 2 heterocycles. The minimum atomic E-state index is -0.515. The van der Waals surface area contributed by atoms with Crippen LogP contribution in [0.1, 0.15) is 47.5 Å². The number of fused-ring (bicyclic) bond motifs is 1. The van der Waals surface area contributed by atoms with E-state index in [9.17, 15) is 9.59 Å². The molecule has 0 aromatic heterocycles. The third kappa shape index (κ3) is 5.07. The number of hydrogen-bond acceptors (Lipinski definition) is 4. The Hall–Kier alpha value is -2.02. The molecule has 3 rings (SSSR count). The van der Waals surface area contributed by atoms with Crippen LogP contribution in [0.25, 0.3) is 0 Å². The van der Waals surface area contributed by atoms with Crippen molar-refractivity contribution >= 4 is 33.6 Å². The molecule has 0 atom stereocenters. The first-order valence-electron chi connectivity index (χ1n) is 9.61. The molecule has 6 nitrogen and oxygen atoms in total. The monoisotopic (exact) mass is 452 g/mol. The predicted molar refractivity (Wildman–Crippen MR) is 114 cm³/mol. The van der Waals surface area contributed by atoms with Crippen molar-refractivity contribution in [2.75, 3.05) is 25.0 Å². The standard InChI is InChI=1S/C19H23BrN2O4.C2H6/c1-19(2,3)26-18(24)22-9-7-12(8-10-22)16-17(23)21(4)14-11-13(20)5-6-15(14)25-16;1-2/h5-6,11H,7-10H2,1-4H3;1-2H3. The van der Waals surface area contributed by atoms with Crippen molar-refractivity contribution in [2.45, 2.75) is 53.1 Å². The van der Waals surface area contributed by atoms with Gasteiger partial charge in [-0.2, -0.15) is 0 Å². The van der Waals surface area contributed by atoms with Gasteiger partial charge in [-0.15, -0.1) is 0 Å². The van der Waals surface area contributed by atoms with E-state index in [4.69, 9.17) is 9.47 Å². The topological polar surface area (TPSA) is 59.1 Å². The summed E-state index contributed by atoms with van der Waals surface area (Å²) in [5.41, 5.74) is 1.16. The Morgan fingerprint density at radius 1 is 1.18 bits per heavy atom. The van der Waals surface area contributed by atoms with Gasteiger partial charge in [0, 0.05) is 24.6 Å². The van der Waals surface area contributed by atoms with Crippen LogP contribution in [-0.2, 0) is 9.53 Å². The van der Waals surface area contributed by atoms with Crippen LogP contribution >= 0.6 is 15.9 Å². The molecule has 0 saturated carbocycles. The molecule has 0 N–H and O–H groups in total. The second kappa shape index (κ2) is 8.99. The highest BCUT2D eigenvalue weighted by Gasteiger charge is 2.33. The number of carbonyl (C=O) groups is 2. The molecule has 1 fully saturated rings. The van der Waals surface area contributed by atoms with Crippen LogP contribution in [0.5, 0.6) is 5.75 Å². The van der Waals surface area contributed by atoms with Crippen molar-refractivity contribution in [3.05, 3.63) is 34.0 Å². The summed E-state index contributed by atoms with van der Waals surface area (Å²) in [6, 6.07) is 5.59. The number of hydrogen-bond donors (Lipinski definition) is 0. The Labute approximate surface area is 175 Å². The van der Waals surface area contributed by atoms with Gasteiger partial charge in [0.05, 0.1) is 5.69 Å². The largest absolute Gasteiger partial charge is 0.449 e. The number of carbonyl (C=O) groups excluding carboxylic acids is 2. The van der Waals surface area contributed by atoms with Crippen LogP contribution in [0.3, 0.4) is 0 Å². The lowest BCUT2D eigenvalue weighted by molar-refractivity contribution is -0.117. The maximum atomic E-state index is 12.7. The van der Waals surface area contributed by atoms with Gasteiger partial charge in [-0.25, -0.2) is 4.79 Å². The number of halogens is 1. The Balaban J connectivity index is 0.00000136. The zero-order valence-corrected chi connectivity index (χ0v) is 19.1. The number of amides is 2. The van der Waals surface area contributed by atoms with Gasteiger partial charge >= 0.3 is 6.09 Å². The van der Waals surface area contributed by atoms with Gasteiger partial charge in [-0.1, -0.05) is 29.8 Å². The van der Waals surface area contributed by atoms with Gasteiger partial charge in [0.2, 0.25) is 0 Å². The number of ether oxygens (including phenoxy) is 2. The molecule has 1 saturated heterocycles. The van der Waals surface area contributed by atoms with E-state index >= 15 is 0 Å². The molecule has 0 spiro atoms. The summed E-state index contributed by atoms with van der Waals surface area (Å²) < 4.78 is 12.2. The van der Waals surface area contributed by atoms with Crippen molar-refractivity contribution in [3.8, 4) is 5.75 Å². The lowest BCUT2D eigenvalue weighted by Crippen LogP contribution is -2.41. The van der Waals surface area contributed by atoms with Gasteiger partial charge in [0.1, 0.15) is 5.60 Å². The SMILES string of the molecule is CC.CN1C(=O)C(=C2CCN(C(=O)OC(C)(C)C)CC2)Oc2ccc(Br)cc21. The minimum Gasteiger partial charge on any atom is -0.449 e. The molecular formula is C21H29BrN2O4. The van der Waals surface area contributed by atoms with Crippen LogP contribution in [0.15, 0.2) is 34.0 Å². The Bertz CT molecular complexity index is 773. The first-order valence-corrected chi connectivity index (χ1v) is 10.4. The molecule has 1 aromatic rings. The van der Waals surface area contributed by atoms with Crippen LogP contribution in [0.2, 0.25) is 0 Å². The molecule has 0 aliphatic carbocycles. The van der Waals surface area contributed by atoms with Crippen LogP contribution in [0, 0.1) is 0 Å². The molecule has 154 valence electrons. The number of rotatable bonds is 0. The van der Waals surface area contributed by atoms with E-state index in [-0.39, 0.29) is 12.0 Å². The van der Waals surface area contributed by atoms with Gasteiger partial charge in [0.15, 0.2) is 11.5 Å². The fourth-order valence-corrected chi connectivity index (χ4v) is 3.34. The van der Waals surface area contributed by atoms with E-state index < -0.39 is 5.60 Å². The van der Waals surface area contributed by atoms with Crippen LogP contribution < -0.4 is 9.64 Å². The van der Waals surface area contributed by atoms with Crippen molar-refractivity contribution in [3.63, 3.8) is 0 Å². The molecule has 2 aliphatic heterocycles. The minimum absolute atomic E-state index is 0.156. The van der Waals surface area contributed by atoms with E-state index in [1.54, 1.807) is 16.8 Å². The summed E-state index contributed by atoms with van der Waals surface area (Å²) in [4.78, 5) is 28.2. The van der Waals surface area contributed by atoms with Crippen molar-refractivity contribution < 1.29 is 19.1 Å². The second-order valence-electron chi connectivity index (χ2n) is 7.48. The third-order valence-corrected chi connectivity index (χ3v) is 4.83. The van der Waals surface area contributed by atoms with Gasteiger partial charge in [-0.3, -0.25) is 4.79 Å². The zero-order chi connectivity index (χ0) is 21.1. The van der Waals surface area contributed by atoms with Crippen molar-refractivity contribution in [2.24, 2.45) is 0 Å². The van der Waals surface area contributed by atoms with Crippen molar-refractivity contribution in [1.82, 2.24) is 4.90 Å². The molecule has 0 unspecified atom stereocenters. The van der Waals surface area contributed by atoms with Gasteiger partial charge in [0.25, 0.3) is 5.91 Å². The lowest BCUT2D eigenvalue weighted by atomic mass is 10.0. The van der Waals surface area contributed by atoms with Crippen LogP contribution in [0.4, 0.5) is 10.5 Å². The zero-order valence-electron chi connectivity index (χ0n) is 17.5. The fraction of sp³-hybridized carbons (Fsp3) is 0.524. The first kappa shape index (κ1) is 22.3. The molecule has 0 radical (unpaired) electrons.